The van der Waals surface area contributed by atoms with Gasteiger partial charge in [0, 0.05) is 6.42 Å². The molecule has 0 spiro atoms. The number of benzene rings is 2. The van der Waals surface area contributed by atoms with Crippen molar-refractivity contribution in [3.8, 4) is 17.2 Å². The molecule has 1 aliphatic rings. The van der Waals surface area contributed by atoms with Gasteiger partial charge < -0.3 is 14.2 Å². The van der Waals surface area contributed by atoms with Crippen LogP contribution in [0.5, 0.6) is 17.2 Å². The summed E-state index contributed by atoms with van der Waals surface area (Å²) in [6.45, 7) is 7.76. The number of para-hydroxylation sites is 2. The molecule has 2 aromatic carbocycles. The summed E-state index contributed by atoms with van der Waals surface area (Å²) in [7, 11) is 1.72. The Hall–Kier alpha value is -2.16. The standard InChI is InChI=1S/C10H12O2.C10H14O/c1-8-4-2-5-9-10(8)12-7-3-6-11-9;1-4-9-7-5-6-8(2)10(9)11-3/h2,4-5H,3,6-7H2,1H3;5-7H,4H2,1-3H3. The predicted molar refractivity (Wildman–Crippen MR) is 93.9 cm³/mol. The molecule has 0 unspecified atom stereocenters. The van der Waals surface area contributed by atoms with Crippen LogP contribution < -0.4 is 14.2 Å². The first-order valence-corrected chi connectivity index (χ1v) is 8.15. The van der Waals surface area contributed by atoms with E-state index in [1.165, 1.54) is 11.1 Å². The Bertz CT molecular complexity index is 635. The van der Waals surface area contributed by atoms with Gasteiger partial charge in [0.15, 0.2) is 11.5 Å². The molecule has 1 heterocycles. The number of ether oxygens (including phenoxy) is 3. The lowest BCUT2D eigenvalue weighted by atomic mass is 10.1. The Kier molecular flexibility index (Phi) is 6.33. The first-order valence-electron chi connectivity index (χ1n) is 8.15. The van der Waals surface area contributed by atoms with E-state index in [1.54, 1.807) is 7.11 Å². The zero-order valence-electron chi connectivity index (χ0n) is 14.5. The summed E-state index contributed by atoms with van der Waals surface area (Å²) < 4.78 is 16.3. The van der Waals surface area contributed by atoms with Gasteiger partial charge in [0.1, 0.15) is 5.75 Å². The maximum Gasteiger partial charge on any atom is 0.164 e. The molecule has 3 rings (SSSR count). The first kappa shape index (κ1) is 17.2. The van der Waals surface area contributed by atoms with Gasteiger partial charge in [-0.15, -0.1) is 0 Å². The van der Waals surface area contributed by atoms with Gasteiger partial charge in [-0.3, -0.25) is 0 Å². The fourth-order valence-electron chi connectivity index (χ4n) is 2.62. The lowest BCUT2D eigenvalue weighted by Gasteiger charge is -2.08. The average molecular weight is 314 g/mol. The molecule has 0 bridgehead atoms. The van der Waals surface area contributed by atoms with Crippen LogP contribution in [0.3, 0.4) is 0 Å². The van der Waals surface area contributed by atoms with Crippen LogP contribution in [0, 0.1) is 13.8 Å². The Morgan fingerprint density at radius 1 is 0.957 bits per heavy atom. The third-order valence-corrected chi connectivity index (χ3v) is 3.85. The predicted octanol–water partition coefficient (Wildman–Crippen LogP) is 4.72. The number of methoxy groups -OCH3 is 1. The molecular weight excluding hydrogens is 288 g/mol. The largest absolute Gasteiger partial charge is 0.496 e. The van der Waals surface area contributed by atoms with Crippen molar-refractivity contribution in [1.29, 1.82) is 0 Å². The topological polar surface area (TPSA) is 27.7 Å². The van der Waals surface area contributed by atoms with Gasteiger partial charge in [-0.25, -0.2) is 0 Å². The third kappa shape index (κ3) is 4.41. The van der Waals surface area contributed by atoms with Gasteiger partial charge in [-0.2, -0.15) is 0 Å². The van der Waals surface area contributed by atoms with Crippen LogP contribution in [-0.2, 0) is 6.42 Å². The molecule has 3 nitrogen and oxygen atoms in total. The second-order valence-electron chi connectivity index (χ2n) is 5.57. The fourth-order valence-corrected chi connectivity index (χ4v) is 2.62. The minimum Gasteiger partial charge on any atom is -0.496 e. The molecule has 0 radical (unpaired) electrons. The number of rotatable bonds is 2. The highest BCUT2D eigenvalue weighted by Gasteiger charge is 2.10. The van der Waals surface area contributed by atoms with Crippen molar-refractivity contribution in [1.82, 2.24) is 0 Å². The normalized spacial score (nSPS) is 12.7. The molecule has 1 aliphatic heterocycles. The SMILES string of the molecule is CCc1cccc(C)c1OC.Cc1cccc2c1OCCCO2. The highest BCUT2D eigenvalue weighted by molar-refractivity contribution is 5.46. The highest BCUT2D eigenvalue weighted by atomic mass is 16.5. The molecular formula is C20H26O3. The molecule has 0 N–H and O–H groups in total. The summed E-state index contributed by atoms with van der Waals surface area (Å²) in [6, 6.07) is 12.2. The molecule has 0 saturated carbocycles. The van der Waals surface area contributed by atoms with Gasteiger partial charge in [-0.05, 0) is 43.0 Å². The van der Waals surface area contributed by atoms with Crippen LogP contribution in [0.4, 0.5) is 0 Å². The second kappa shape index (κ2) is 8.47. The van der Waals surface area contributed by atoms with E-state index in [4.69, 9.17) is 14.2 Å². The average Bonchev–Trinajstić information content (AvgIpc) is 2.81. The summed E-state index contributed by atoms with van der Waals surface area (Å²) in [5.41, 5.74) is 3.65. The van der Waals surface area contributed by atoms with Crippen molar-refractivity contribution in [3.63, 3.8) is 0 Å². The highest BCUT2D eigenvalue weighted by Crippen LogP contribution is 2.32. The maximum absolute atomic E-state index is 5.55. The zero-order chi connectivity index (χ0) is 16.7. The summed E-state index contributed by atoms with van der Waals surface area (Å²) in [4.78, 5) is 0. The lowest BCUT2D eigenvalue weighted by Crippen LogP contribution is -1.97. The number of fused-ring (bicyclic) bond motifs is 1. The van der Waals surface area contributed by atoms with Crippen LogP contribution in [0.1, 0.15) is 30.0 Å². The Morgan fingerprint density at radius 2 is 1.65 bits per heavy atom. The number of hydrogen-bond acceptors (Lipinski definition) is 3. The van der Waals surface area contributed by atoms with Crippen molar-refractivity contribution in [2.24, 2.45) is 0 Å². The Labute approximate surface area is 139 Å². The molecule has 3 heteroatoms. The maximum atomic E-state index is 5.55. The van der Waals surface area contributed by atoms with Crippen LogP contribution in [0.2, 0.25) is 0 Å². The van der Waals surface area contributed by atoms with E-state index in [2.05, 4.69) is 32.0 Å². The molecule has 0 saturated heterocycles. The summed E-state index contributed by atoms with van der Waals surface area (Å²) in [5, 5.41) is 0. The van der Waals surface area contributed by atoms with E-state index in [0.717, 1.165) is 48.9 Å². The van der Waals surface area contributed by atoms with E-state index in [1.807, 2.05) is 25.1 Å². The van der Waals surface area contributed by atoms with Crippen LogP contribution in [0.25, 0.3) is 0 Å². The molecule has 2 aromatic rings. The molecule has 0 amide bonds. The van der Waals surface area contributed by atoms with Crippen molar-refractivity contribution in [3.05, 3.63) is 53.1 Å². The molecule has 23 heavy (non-hydrogen) atoms. The smallest absolute Gasteiger partial charge is 0.164 e. The van der Waals surface area contributed by atoms with Crippen LogP contribution >= 0.6 is 0 Å². The fraction of sp³-hybridized carbons (Fsp3) is 0.400. The minimum absolute atomic E-state index is 0.760. The van der Waals surface area contributed by atoms with E-state index in [9.17, 15) is 0 Å². The van der Waals surface area contributed by atoms with E-state index < -0.39 is 0 Å². The van der Waals surface area contributed by atoms with Gasteiger partial charge in [0.25, 0.3) is 0 Å². The minimum atomic E-state index is 0.760. The van der Waals surface area contributed by atoms with E-state index in [0.29, 0.717) is 0 Å². The second-order valence-corrected chi connectivity index (χ2v) is 5.57. The zero-order valence-corrected chi connectivity index (χ0v) is 14.5. The molecule has 0 fully saturated rings. The van der Waals surface area contributed by atoms with E-state index in [-0.39, 0.29) is 0 Å². The quantitative estimate of drug-likeness (QED) is 0.802. The van der Waals surface area contributed by atoms with Crippen LogP contribution in [0.15, 0.2) is 36.4 Å². The van der Waals surface area contributed by atoms with Crippen LogP contribution in [-0.4, -0.2) is 20.3 Å². The summed E-state index contributed by atoms with van der Waals surface area (Å²) in [6.07, 6.45) is 2.00. The molecule has 124 valence electrons. The van der Waals surface area contributed by atoms with Crippen molar-refractivity contribution < 1.29 is 14.2 Å². The van der Waals surface area contributed by atoms with Crippen molar-refractivity contribution >= 4 is 0 Å². The third-order valence-electron chi connectivity index (χ3n) is 3.85. The Morgan fingerprint density at radius 3 is 2.35 bits per heavy atom. The number of aryl methyl sites for hydroxylation is 3. The lowest BCUT2D eigenvalue weighted by molar-refractivity contribution is 0.296. The van der Waals surface area contributed by atoms with Crippen molar-refractivity contribution in [2.75, 3.05) is 20.3 Å². The molecule has 0 aromatic heterocycles. The molecule has 0 atom stereocenters. The van der Waals surface area contributed by atoms with Gasteiger partial charge in [0.05, 0.1) is 20.3 Å². The van der Waals surface area contributed by atoms with Gasteiger partial charge in [-0.1, -0.05) is 37.3 Å². The van der Waals surface area contributed by atoms with Crippen molar-refractivity contribution in [2.45, 2.75) is 33.6 Å². The Balaban J connectivity index is 0.000000168. The first-order chi connectivity index (χ1) is 11.2. The summed E-state index contributed by atoms with van der Waals surface area (Å²) >= 11 is 0. The number of hydrogen-bond donors (Lipinski definition) is 0. The molecule has 0 aliphatic carbocycles. The van der Waals surface area contributed by atoms with E-state index >= 15 is 0 Å². The summed E-state index contributed by atoms with van der Waals surface area (Å²) in [5.74, 6) is 2.83. The van der Waals surface area contributed by atoms with Gasteiger partial charge >= 0.3 is 0 Å². The van der Waals surface area contributed by atoms with Gasteiger partial charge in [0.2, 0.25) is 0 Å². The monoisotopic (exact) mass is 314 g/mol.